The van der Waals surface area contributed by atoms with E-state index in [4.69, 9.17) is 9.47 Å². The lowest BCUT2D eigenvalue weighted by molar-refractivity contribution is -0.141. The van der Waals surface area contributed by atoms with E-state index in [1.807, 2.05) is 24.4 Å². The zero-order valence-corrected chi connectivity index (χ0v) is 20.0. The molecule has 34 heavy (non-hydrogen) atoms. The zero-order chi connectivity index (χ0) is 23.4. The monoisotopic (exact) mass is 458 g/mol. The number of aromatic nitrogens is 1. The Morgan fingerprint density at radius 2 is 1.91 bits per heavy atom. The average Bonchev–Trinajstić information content (AvgIpc) is 3.14. The zero-order valence-electron chi connectivity index (χ0n) is 20.0. The van der Waals surface area contributed by atoms with Crippen LogP contribution < -0.4 is 4.74 Å². The SMILES string of the molecule is COc1ccc(C2(C(=O)N3CCCC(Cc4ccc5ncccc5c4)CC3)CCOCC2)cc1. The summed E-state index contributed by atoms with van der Waals surface area (Å²) in [5.41, 5.74) is 3.01. The number of pyridine rings is 1. The molecule has 1 unspecified atom stereocenters. The van der Waals surface area contributed by atoms with Crippen molar-refractivity contribution < 1.29 is 14.3 Å². The lowest BCUT2D eigenvalue weighted by Crippen LogP contribution is -2.50. The topological polar surface area (TPSA) is 51.7 Å². The van der Waals surface area contributed by atoms with E-state index >= 15 is 0 Å². The van der Waals surface area contributed by atoms with Crippen LogP contribution in [0.3, 0.4) is 0 Å². The molecule has 0 aliphatic carbocycles. The van der Waals surface area contributed by atoms with E-state index in [2.05, 4.69) is 46.3 Å². The summed E-state index contributed by atoms with van der Waals surface area (Å²) in [4.78, 5) is 20.6. The number of carbonyl (C=O) groups excluding carboxylic acids is 1. The molecule has 2 aromatic carbocycles. The van der Waals surface area contributed by atoms with Crippen LogP contribution in [-0.4, -0.2) is 49.2 Å². The Labute approximate surface area is 202 Å². The molecule has 1 aromatic heterocycles. The number of ether oxygens (including phenoxy) is 2. The van der Waals surface area contributed by atoms with E-state index in [1.54, 1.807) is 7.11 Å². The normalized spacial score (nSPS) is 20.6. The van der Waals surface area contributed by atoms with E-state index in [0.29, 0.717) is 19.1 Å². The molecular formula is C29H34N2O3. The van der Waals surface area contributed by atoms with Crippen LogP contribution in [0.1, 0.15) is 43.2 Å². The van der Waals surface area contributed by atoms with Crippen LogP contribution in [0.25, 0.3) is 10.9 Å². The minimum absolute atomic E-state index is 0.276. The summed E-state index contributed by atoms with van der Waals surface area (Å²) in [6.07, 6.45) is 7.65. The van der Waals surface area contributed by atoms with E-state index in [9.17, 15) is 4.79 Å². The summed E-state index contributed by atoms with van der Waals surface area (Å²) >= 11 is 0. The number of likely N-dealkylation sites (tertiary alicyclic amines) is 1. The first-order chi connectivity index (χ1) is 16.7. The van der Waals surface area contributed by atoms with Crippen molar-refractivity contribution in [3.8, 4) is 5.75 Å². The second-order valence-corrected chi connectivity index (χ2v) is 9.75. The van der Waals surface area contributed by atoms with Crippen LogP contribution in [0.5, 0.6) is 5.75 Å². The van der Waals surface area contributed by atoms with Gasteiger partial charge in [-0.3, -0.25) is 9.78 Å². The molecule has 3 heterocycles. The van der Waals surface area contributed by atoms with Gasteiger partial charge in [0.15, 0.2) is 0 Å². The van der Waals surface area contributed by atoms with Crippen LogP contribution in [0.4, 0.5) is 0 Å². The highest BCUT2D eigenvalue weighted by atomic mass is 16.5. The van der Waals surface area contributed by atoms with Gasteiger partial charge in [-0.05, 0) is 85.9 Å². The summed E-state index contributed by atoms with van der Waals surface area (Å²) in [6, 6.07) is 18.8. The number of methoxy groups -OCH3 is 1. The molecule has 5 rings (SSSR count). The number of hydrogen-bond donors (Lipinski definition) is 0. The largest absolute Gasteiger partial charge is 0.497 e. The van der Waals surface area contributed by atoms with Gasteiger partial charge in [0.25, 0.3) is 0 Å². The minimum atomic E-state index is -0.490. The van der Waals surface area contributed by atoms with Crippen molar-refractivity contribution in [1.29, 1.82) is 0 Å². The molecule has 0 bridgehead atoms. The Morgan fingerprint density at radius 1 is 1.09 bits per heavy atom. The van der Waals surface area contributed by atoms with Crippen LogP contribution in [0, 0.1) is 5.92 Å². The Morgan fingerprint density at radius 3 is 2.71 bits per heavy atom. The van der Waals surface area contributed by atoms with Crippen LogP contribution in [0.15, 0.2) is 60.8 Å². The first kappa shape index (κ1) is 22.9. The Balaban J connectivity index is 1.29. The molecular weight excluding hydrogens is 424 g/mol. The number of amides is 1. The van der Waals surface area contributed by atoms with Crippen molar-refractivity contribution in [2.45, 2.75) is 43.9 Å². The standard InChI is InChI=1S/C29H34N2O3/c1-33-26-9-7-25(8-10-26)29(13-18-34-19-14-29)28(32)31-16-3-4-22(12-17-31)20-23-6-11-27-24(21-23)5-2-15-30-27/h2,5-11,15,21-22H,3-4,12-14,16-20H2,1H3. The summed E-state index contributed by atoms with van der Waals surface area (Å²) in [5.74, 6) is 1.69. The Kier molecular flexibility index (Phi) is 6.82. The Bertz CT molecular complexity index is 1120. The van der Waals surface area contributed by atoms with E-state index < -0.39 is 5.41 Å². The second kappa shape index (κ2) is 10.1. The maximum absolute atomic E-state index is 14.0. The van der Waals surface area contributed by atoms with Gasteiger partial charge in [0, 0.05) is 37.9 Å². The molecule has 3 aromatic rings. The smallest absolute Gasteiger partial charge is 0.233 e. The molecule has 5 heteroatoms. The second-order valence-electron chi connectivity index (χ2n) is 9.75. The summed E-state index contributed by atoms with van der Waals surface area (Å²) in [6.45, 7) is 2.93. The molecule has 0 saturated carbocycles. The third-order valence-corrected chi connectivity index (χ3v) is 7.73. The molecule has 2 fully saturated rings. The average molecular weight is 459 g/mol. The van der Waals surface area contributed by atoms with Crippen molar-refractivity contribution >= 4 is 16.8 Å². The van der Waals surface area contributed by atoms with Crippen LogP contribution in [0.2, 0.25) is 0 Å². The molecule has 5 nitrogen and oxygen atoms in total. The molecule has 1 amide bonds. The molecule has 2 aliphatic rings. The first-order valence-electron chi connectivity index (χ1n) is 12.5. The molecule has 1 atom stereocenters. The highest BCUT2D eigenvalue weighted by Gasteiger charge is 2.44. The van der Waals surface area contributed by atoms with Crippen molar-refractivity contribution in [2.24, 2.45) is 5.92 Å². The fourth-order valence-corrected chi connectivity index (χ4v) is 5.72. The number of rotatable bonds is 5. The van der Waals surface area contributed by atoms with Gasteiger partial charge in [0.1, 0.15) is 5.75 Å². The van der Waals surface area contributed by atoms with E-state index in [1.165, 1.54) is 10.9 Å². The van der Waals surface area contributed by atoms with Gasteiger partial charge in [-0.25, -0.2) is 0 Å². The maximum atomic E-state index is 14.0. The van der Waals surface area contributed by atoms with Gasteiger partial charge in [-0.2, -0.15) is 0 Å². The third-order valence-electron chi connectivity index (χ3n) is 7.73. The summed E-state index contributed by atoms with van der Waals surface area (Å²) < 4.78 is 11.0. The number of benzene rings is 2. The summed E-state index contributed by atoms with van der Waals surface area (Å²) in [7, 11) is 1.67. The van der Waals surface area contributed by atoms with Gasteiger partial charge >= 0.3 is 0 Å². The van der Waals surface area contributed by atoms with Crippen LogP contribution in [-0.2, 0) is 21.4 Å². The van der Waals surface area contributed by atoms with E-state index in [-0.39, 0.29) is 5.91 Å². The van der Waals surface area contributed by atoms with Gasteiger partial charge in [0.2, 0.25) is 5.91 Å². The number of hydrogen-bond acceptors (Lipinski definition) is 4. The molecule has 178 valence electrons. The third kappa shape index (κ3) is 4.67. The minimum Gasteiger partial charge on any atom is -0.497 e. The van der Waals surface area contributed by atoms with Gasteiger partial charge in [-0.15, -0.1) is 0 Å². The summed E-state index contributed by atoms with van der Waals surface area (Å²) in [5, 5.41) is 1.20. The highest BCUT2D eigenvalue weighted by Crippen LogP contribution is 2.38. The van der Waals surface area contributed by atoms with Crippen molar-refractivity contribution in [2.75, 3.05) is 33.4 Å². The lowest BCUT2D eigenvalue weighted by Gasteiger charge is -2.40. The van der Waals surface area contributed by atoms with Gasteiger partial charge in [0.05, 0.1) is 18.0 Å². The van der Waals surface area contributed by atoms with Crippen molar-refractivity contribution in [3.05, 3.63) is 71.9 Å². The van der Waals surface area contributed by atoms with Crippen LogP contribution >= 0.6 is 0 Å². The predicted molar refractivity (Wildman–Crippen MR) is 134 cm³/mol. The van der Waals surface area contributed by atoms with Gasteiger partial charge in [-0.1, -0.05) is 24.3 Å². The van der Waals surface area contributed by atoms with Crippen molar-refractivity contribution in [3.63, 3.8) is 0 Å². The Hall–Kier alpha value is -2.92. The maximum Gasteiger partial charge on any atom is 0.233 e. The van der Waals surface area contributed by atoms with Crippen molar-refractivity contribution in [1.82, 2.24) is 9.88 Å². The molecule has 2 saturated heterocycles. The fraction of sp³-hybridized carbons (Fsp3) is 0.448. The number of carbonyl (C=O) groups is 1. The number of nitrogens with zero attached hydrogens (tertiary/aromatic N) is 2. The first-order valence-corrected chi connectivity index (χ1v) is 12.5. The molecule has 0 N–H and O–H groups in total. The van der Waals surface area contributed by atoms with Gasteiger partial charge < -0.3 is 14.4 Å². The highest BCUT2D eigenvalue weighted by molar-refractivity contribution is 5.88. The lowest BCUT2D eigenvalue weighted by atomic mass is 9.73. The molecule has 0 spiro atoms. The molecule has 2 aliphatic heterocycles. The fourth-order valence-electron chi connectivity index (χ4n) is 5.72. The number of fused-ring (bicyclic) bond motifs is 1. The predicted octanol–water partition coefficient (Wildman–Crippen LogP) is 5.16. The molecule has 0 radical (unpaired) electrons. The van der Waals surface area contributed by atoms with E-state index in [0.717, 1.165) is 68.4 Å². The quantitative estimate of drug-likeness (QED) is 0.530.